The first-order valence-electron chi connectivity index (χ1n) is 3.20. The van der Waals surface area contributed by atoms with E-state index in [1.165, 1.54) is 5.56 Å². The minimum Gasteiger partial charge on any atom is -0.554 e. The summed E-state index contributed by atoms with van der Waals surface area (Å²) in [5.74, 6) is 0.861. The van der Waals surface area contributed by atoms with E-state index in [1.54, 1.807) is 7.11 Å². The molecule has 0 bridgehead atoms. The van der Waals surface area contributed by atoms with E-state index in [2.05, 4.69) is 6.92 Å². The third-order valence-corrected chi connectivity index (χ3v) is 1.44. The summed E-state index contributed by atoms with van der Waals surface area (Å²) in [5, 5.41) is 0. The number of aryl methyl sites for hydroxylation is 1. The summed E-state index contributed by atoms with van der Waals surface area (Å²) >= 11 is 0. The van der Waals surface area contributed by atoms with E-state index in [4.69, 9.17) is 4.74 Å². The Morgan fingerprint density at radius 3 is 2.45 bits per heavy atom. The second kappa shape index (κ2) is 4.79. The van der Waals surface area contributed by atoms with Crippen molar-refractivity contribution < 1.29 is 37.4 Å². The predicted octanol–water partition coefficient (Wildman–Crippen LogP) is 2.18. The van der Waals surface area contributed by atoms with Gasteiger partial charge < -0.3 is 4.74 Å². The van der Waals surface area contributed by atoms with Gasteiger partial charge in [-0.25, -0.2) is 0 Å². The fraction of sp³-hybridized carbons (Fsp3) is 0.222. The van der Waals surface area contributed by atoms with Crippen LogP contribution in [-0.2, 0) is 32.7 Å². The minimum atomic E-state index is 0. The molecule has 0 aliphatic rings. The molecular weight excluding hydrogens is 213 g/mol. The number of benzene rings is 1. The molecule has 0 saturated heterocycles. The summed E-state index contributed by atoms with van der Waals surface area (Å²) in [4.78, 5) is 0. The molecule has 0 amide bonds. The average Bonchev–Trinajstić information content (AvgIpc) is 1.94. The van der Waals surface area contributed by atoms with E-state index in [9.17, 15) is 0 Å². The van der Waals surface area contributed by atoms with Gasteiger partial charge in [-0.2, -0.15) is 18.6 Å². The number of rotatable bonds is 1. The van der Waals surface area contributed by atoms with Crippen LogP contribution >= 0.6 is 0 Å². The molecule has 11 heavy (non-hydrogen) atoms. The molecule has 1 rings (SSSR count). The molecular formula is C9H11OY-. The van der Waals surface area contributed by atoms with Gasteiger partial charge in [-0.05, 0) is 6.92 Å². The first-order chi connectivity index (χ1) is 4.74. The standard InChI is InChI=1S/C9H11O.Y/c1-7-4-5-8(2)9(6-7)10-3;/h4-6H,2H2,1,3H3;/q-1;. The summed E-state index contributed by atoms with van der Waals surface area (Å²) in [7, 11) is 1.66. The maximum atomic E-state index is 5.06. The van der Waals surface area contributed by atoms with Crippen molar-refractivity contribution in [1.29, 1.82) is 0 Å². The Morgan fingerprint density at radius 1 is 1.36 bits per heavy atom. The van der Waals surface area contributed by atoms with Gasteiger partial charge in [0.05, 0.1) is 7.11 Å². The van der Waals surface area contributed by atoms with E-state index in [0.717, 1.165) is 11.3 Å². The summed E-state index contributed by atoms with van der Waals surface area (Å²) in [6.45, 7) is 5.84. The van der Waals surface area contributed by atoms with Crippen LogP contribution in [0.1, 0.15) is 11.1 Å². The molecule has 1 radical (unpaired) electrons. The minimum absolute atomic E-state index is 0. The second-order valence-corrected chi connectivity index (χ2v) is 2.32. The maximum Gasteiger partial charge on any atom is 0.0607 e. The van der Waals surface area contributed by atoms with Crippen LogP contribution in [-0.4, -0.2) is 7.11 Å². The molecule has 57 valence electrons. The fourth-order valence-electron chi connectivity index (χ4n) is 0.852. The Bertz CT molecular complexity index is 233. The van der Waals surface area contributed by atoms with Gasteiger partial charge in [-0.15, -0.1) is 6.07 Å². The molecule has 0 spiro atoms. The predicted molar refractivity (Wildman–Crippen MR) is 42.2 cm³/mol. The molecule has 0 heterocycles. The van der Waals surface area contributed by atoms with Crippen LogP contribution in [0.4, 0.5) is 0 Å². The van der Waals surface area contributed by atoms with Crippen molar-refractivity contribution >= 4 is 0 Å². The second-order valence-electron chi connectivity index (χ2n) is 2.32. The molecule has 1 aromatic rings. The summed E-state index contributed by atoms with van der Waals surface area (Å²) < 4.78 is 5.06. The van der Waals surface area contributed by atoms with Crippen LogP contribution in [0.5, 0.6) is 5.75 Å². The van der Waals surface area contributed by atoms with Crippen molar-refractivity contribution in [1.82, 2.24) is 0 Å². The van der Waals surface area contributed by atoms with Crippen LogP contribution in [0.15, 0.2) is 18.2 Å². The van der Waals surface area contributed by atoms with Gasteiger partial charge >= 0.3 is 0 Å². The Morgan fingerprint density at radius 2 is 2.00 bits per heavy atom. The van der Waals surface area contributed by atoms with E-state index in [-0.39, 0.29) is 32.7 Å². The molecule has 0 atom stereocenters. The largest absolute Gasteiger partial charge is 0.554 e. The summed E-state index contributed by atoms with van der Waals surface area (Å²) in [6, 6.07) is 5.95. The number of hydrogen-bond acceptors (Lipinski definition) is 1. The molecule has 0 fully saturated rings. The van der Waals surface area contributed by atoms with E-state index in [0.29, 0.717) is 0 Å². The molecule has 1 nitrogen and oxygen atoms in total. The van der Waals surface area contributed by atoms with Gasteiger partial charge in [-0.1, -0.05) is 11.6 Å². The Balaban J connectivity index is 0.000001000. The van der Waals surface area contributed by atoms with Gasteiger partial charge in [0.2, 0.25) is 0 Å². The Kier molecular flexibility index (Phi) is 4.79. The van der Waals surface area contributed by atoms with Crippen LogP contribution in [0.3, 0.4) is 0 Å². The first kappa shape index (κ1) is 11.0. The molecule has 2 heteroatoms. The Labute approximate surface area is 93.0 Å². The van der Waals surface area contributed by atoms with Gasteiger partial charge in [0.1, 0.15) is 0 Å². The average molecular weight is 224 g/mol. The zero-order valence-corrected chi connectivity index (χ0v) is 9.76. The smallest absolute Gasteiger partial charge is 0.0607 e. The zero-order chi connectivity index (χ0) is 7.56. The van der Waals surface area contributed by atoms with Crippen LogP contribution in [0.25, 0.3) is 0 Å². The van der Waals surface area contributed by atoms with Gasteiger partial charge in [-0.3, -0.25) is 0 Å². The topological polar surface area (TPSA) is 9.23 Å². The fourth-order valence-corrected chi connectivity index (χ4v) is 0.852. The van der Waals surface area contributed by atoms with Crippen molar-refractivity contribution in [2.45, 2.75) is 6.92 Å². The van der Waals surface area contributed by atoms with Crippen LogP contribution in [0.2, 0.25) is 0 Å². The van der Waals surface area contributed by atoms with Crippen molar-refractivity contribution in [3.8, 4) is 5.75 Å². The van der Waals surface area contributed by atoms with Crippen LogP contribution in [0, 0.1) is 13.8 Å². The Hall–Kier alpha value is -0.00610. The van der Waals surface area contributed by atoms with Crippen molar-refractivity contribution in [3.05, 3.63) is 36.2 Å². The van der Waals surface area contributed by atoms with Gasteiger partial charge in [0, 0.05) is 38.5 Å². The van der Waals surface area contributed by atoms with Crippen molar-refractivity contribution in [2.24, 2.45) is 0 Å². The molecule has 0 N–H and O–H groups in total. The quantitative estimate of drug-likeness (QED) is 0.664. The molecule has 0 aliphatic heterocycles. The third kappa shape index (κ3) is 2.84. The number of methoxy groups -OCH3 is 1. The molecule has 0 aromatic heterocycles. The molecule has 0 aliphatic carbocycles. The number of hydrogen-bond donors (Lipinski definition) is 0. The van der Waals surface area contributed by atoms with E-state index >= 15 is 0 Å². The summed E-state index contributed by atoms with van der Waals surface area (Å²) in [6.07, 6.45) is 0. The summed E-state index contributed by atoms with van der Waals surface area (Å²) in [5.41, 5.74) is 2.14. The zero-order valence-electron chi connectivity index (χ0n) is 6.92. The van der Waals surface area contributed by atoms with Gasteiger partial charge in [0.15, 0.2) is 0 Å². The van der Waals surface area contributed by atoms with E-state index < -0.39 is 0 Å². The third-order valence-electron chi connectivity index (χ3n) is 1.44. The number of ether oxygens (including phenoxy) is 1. The maximum absolute atomic E-state index is 5.06. The van der Waals surface area contributed by atoms with Crippen molar-refractivity contribution in [2.75, 3.05) is 7.11 Å². The molecule has 0 unspecified atom stereocenters. The normalized spacial score (nSPS) is 8.55. The SMILES string of the molecule is [CH2-]c1ccc(C)cc1OC.[Y]. The molecule has 1 aromatic carbocycles. The monoisotopic (exact) mass is 224 g/mol. The van der Waals surface area contributed by atoms with Crippen molar-refractivity contribution in [3.63, 3.8) is 0 Å². The van der Waals surface area contributed by atoms with E-state index in [1.807, 2.05) is 25.1 Å². The first-order valence-corrected chi connectivity index (χ1v) is 3.20. The molecule has 0 saturated carbocycles. The van der Waals surface area contributed by atoms with Gasteiger partial charge in [0.25, 0.3) is 0 Å². The van der Waals surface area contributed by atoms with Crippen LogP contribution < -0.4 is 4.74 Å².